The molecule has 1 heterocycles. The van der Waals surface area contributed by atoms with Crippen molar-refractivity contribution in [3.8, 4) is 0 Å². The molecular weight excluding hydrogens is 162 g/mol. The Hall–Kier alpha value is -1.28. The van der Waals surface area contributed by atoms with Crippen LogP contribution in [0.1, 0.15) is 16.8 Å². The maximum absolute atomic E-state index is 8.97. The molecule has 2 aromatic rings. The van der Waals surface area contributed by atoms with E-state index in [-0.39, 0.29) is 6.61 Å². The summed E-state index contributed by atoms with van der Waals surface area (Å²) in [4.78, 5) is 3.20. The lowest BCUT2D eigenvalue weighted by Crippen LogP contribution is -1.83. The molecule has 0 aliphatic carbocycles. The third-order valence-electron chi connectivity index (χ3n) is 2.55. The molecule has 0 spiro atoms. The maximum atomic E-state index is 8.97. The van der Waals surface area contributed by atoms with Crippen molar-refractivity contribution in [2.75, 3.05) is 0 Å². The summed E-state index contributed by atoms with van der Waals surface area (Å²) >= 11 is 0. The molecule has 0 radical (unpaired) electrons. The Morgan fingerprint density at radius 3 is 2.77 bits per heavy atom. The van der Waals surface area contributed by atoms with E-state index in [1.165, 1.54) is 16.5 Å². The summed E-state index contributed by atoms with van der Waals surface area (Å²) < 4.78 is 0. The van der Waals surface area contributed by atoms with Gasteiger partial charge in [0.25, 0.3) is 0 Å². The third-order valence-corrected chi connectivity index (χ3v) is 2.55. The molecule has 0 bridgehead atoms. The summed E-state index contributed by atoms with van der Waals surface area (Å²) in [7, 11) is 0. The lowest BCUT2D eigenvalue weighted by Gasteiger charge is -1.99. The molecule has 68 valence electrons. The standard InChI is InChI=1S/C11H13NO/c1-7-3-4-9-5-10(6-13)12-11(9)8(7)2/h3-5,12-13H,6H2,1-2H3. The second kappa shape index (κ2) is 2.89. The molecule has 2 nitrogen and oxygen atoms in total. The van der Waals surface area contributed by atoms with Gasteiger partial charge in [0, 0.05) is 16.6 Å². The van der Waals surface area contributed by atoms with Crippen molar-refractivity contribution in [1.29, 1.82) is 0 Å². The minimum Gasteiger partial charge on any atom is -0.390 e. The highest BCUT2D eigenvalue weighted by molar-refractivity contribution is 5.84. The molecule has 0 fully saturated rings. The molecule has 0 aliphatic heterocycles. The number of hydrogen-bond donors (Lipinski definition) is 2. The SMILES string of the molecule is Cc1ccc2cc(CO)[nH]c2c1C. The number of benzene rings is 1. The van der Waals surface area contributed by atoms with E-state index in [0.717, 1.165) is 11.2 Å². The Morgan fingerprint density at radius 1 is 1.31 bits per heavy atom. The molecule has 0 aliphatic rings. The summed E-state index contributed by atoms with van der Waals surface area (Å²) in [6.07, 6.45) is 0. The third kappa shape index (κ3) is 1.23. The van der Waals surface area contributed by atoms with Crippen LogP contribution >= 0.6 is 0 Å². The number of hydrogen-bond acceptors (Lipinski definition) is 1. The van der Waals surface area contributed by atoms with E-state index < -0.39 is 0 Å². The molecule has 2 N–H and O–H groups in total. The fraction of sp³-hybridized carbons (Fsp3) is 0.273. The predicted molar refractivity (Wildman–Crippen MR) is 53.7 cm³/mol. The number of nitrogens with one attached hydrogen (secondary N) is 1. The zero-order chi connectivity index (χ0) is 9.42. The average molecular weight is 175 g/mol. The lowest BCUT2D eigenvalue weighted by molar-refractivity contribution is 0.278. The van der Waals surface area contributed by atoms with Crippen LogP contribution in [-0.4, -0.2) is 10.1 Å². The molecule has 0 unspecified atom stereocenters. The number of H-pyrrole nitrogens is 1. The van der Waals surface area contributed by atoms with Crippen molar-refractivity contribution in [3.63, 3.8) is 0 Å². The predicted octanol–water partition coefficient (Wildman–Crippen LogP) is 2.28. The molecule has 0 saturated carbocycles. The first-order valence-electron chi connectivity index (χ1n) is 4.41. The summed E-state index contributed by atoms with van der Waals surface area (Å²) in [6.45, 7) is 4.26. The molecule has 1 aromatic heterocycles. The minimum atomic E-state index is 0.0766. The molecule has 2 rings (SSSR count). The smallest absolute Gasteiger partial charge is 0.0831 e. The quantitative estimate of drug-likeness (QED) is 0.685. The van der Waals surface area contributed by atoms with Crippen molar-refractivity contribution in [1.82, 2.24) is 4.98 Å². The van der Waals surface area contributed by atoms with E-state index in [1.54, 1.807) is 0 Å². The van der Waals surface area contributed by atoms with Crippen molar-refractivity contribution in [2.24, 2.45) is 0 Å². The Morgan fingerprint density at radius 2 is 2.08 bits per heavy atom. The van der Waals surface area contributed by atoms with E-state index >= 15 is 0 Å². The van der Waals surface area contributed by atoms with E-state index in [9.17, 15) is 0 Å². The van der Waals surface area contributed by atoms with Crippen LogP contribution in [0, 0.1) is 13.8 Å². The van der Waals surface area contributed by atoms with Gasteiger partial charge in [-0.25, -0.2) is 0 Å². The highest BCUT2D eigenvalue weighted by Gasteiger charge is 2.03. The number of aromatic nitrogens is 1. The van der Waals surface area contributed by atoms with Crippen molar-refractivity contribution < 1.29 is 5.11 Å². The van der Waals surface area contributed by atoms with Gasteiger partial charge in [0.05, 0.1) is 6.61 Å². The first kappa shape index (κ1) is 8.32. The van der Waals surface area contributed by atoms with Crippen LogP contribution in [0.2, 0.25) is 0 Å². The Labute approximate surface area is 77.2 Å². The Kier molecular flexibility index (Phi) is 1.85. The van der Waals surface area contributed by atoms with E-state index in [1.807, 2.05) is 6.07 Å². The van der Waals surface area contributed by atoms with Gasteiger partial charge in [0.2, 0.25) is 0 Å². The van der Waals surface area contributed by atoms with Gasteiger partial charge in [0.1, 0.15) is 0 Å². The summed E-state index contributed by atoms with van der Waals surface area (Å²) in [5.41, 5.74) is 4.56. The minimum absolute atomic E-state index is 0.0766. The maximum Gasteiger partial charge on any atom is 0.0831 e. The van der Waals surface area contributed by atoms with Crippen molar-refractivity contribution >= 4 is 10.9 Å². The zero-order valence-corrected chi connectivity index (χ0v) is 7.89. The molecule has 0 amide bonds. The Balaban J connectivity index is 2.76. The van der Waals surface area contributed by atoms with Crippen LogP contribution in [0.4, 0.5) is 0 Å². The molecule has 1 aromatic carbocycles. The van der Waals surface area contributed by atoms with Crippen LogP contribution in [0.15, 0.2) is 18.2 Å². The van der Waals surface area contributed by atoms with Crippen LogP contribution in [0.25, 0.3) is 10.9 Å². The fourth-order valence-corrected chi connectivity index (χ4v) is 1.59. The van der Waals surface area contributed by atoms with E-state index in [2.05, 4.69) is 31.0 Å². The van der Waals surface area contributed by atoms with Gasteiger partial charge < -0.3 is 10.1 Å². The van der Waals surface area contributed by atoms with Crippen LogP contribution in [0.3, 0.4) is 0 Å². The van der Waals surface area contributed by atoms with Crippen LogP contribution in [0.5, 0.6) is 0 Å². The topological polar surface area (TPSA) is 36.0 Å². The van der Waals surface area contributed by atoms with Gasteiger partial charge in [-0.1, -0.05) is 12.1 Å². The van der Waals surface area contributed by atoms with E-state index in [4.69, 9.17) is 5.11 Å². The number of aliphatic hydroxyl groups excluding tert-OH is 1. The molecular formula is C11H13NO. The summed E-state index contributed by atoms with van der Waals surface area (Å²) in [5.74, 6) is 0. The van der Waals surface area contributed by atoms with Crippen molar-refractivity contribution in [3.05, 3.63) is 35.0 Å². The molecule has 0 atom stereocenters. The van der Waals surface area contributed by atoms with Crippen molar-refractivity contribution in [2.45, 2.75) is 20.5 Å². The molecule has 2 heteroatoms. The van der Waals surface area contributed by atoms with Gasteiger partial charge in [-0.05, 0) is 31.0 Å². The number of fused-ring (bicyclic) bond motifs is 1. The Bertz CT molecular complexity index is 443. The summed E-state index contributed by atoms with van der Waals surface area (Å²) in [5, 5.41) is 10.1. The number of aromatic amines is 1. The molecule has 13 heavy (non-hydrogen) atoms. The lowest BCUT2D eigenvalue weighted by atomic mass is 10.1. The monoisotopic (exact) mass is 175 g/mol. The van der Waals surface area contributed by atoms with Crippen LogP contribution < -0.4 is 0 Å². The van der Waals surface area contributed by atoms with Gasteiger partial charge in [-0.2, -0.15) is 0 Å². The van der Waals surface area contributed by atoms with Gasteiger partial charge >= 0.3 is 0 Å². The largest absolute Gasteiger partial charge is 0.390 e. The van der Waals surface area contributed by atoms with Crippen LogP contribution in [-0.2, 0) is 6.61 Å². The highest BCUT2D eigenvalue weighted by Crippen LogP contribution is 2.21. The zero-order valence-electron chi connectivity index (χ0n) is 7.89. The van der Waals surface area contributed by atoms with Gasteiger partial charge in [0.15, 0.2) is 0 Å². The first-order chi connectivity index (χ1) is 6.22. The molecule has 0 saturated heterocycles. The number of aryl methyl sites for hydroxylation is 2. The summed E-state index contributed by atoms with van der Waals surface area (Å²) in [6, 6.07) is 6.17. The number of rotatable bonds is 1. The first-order valence-corrected chi connectivity index (χ1v) is 4.41. The highest BCUT2D eigenvalue weighted by atomic mass is 16.3. The van der Waals surface area contributed by atoms with Gasteiger partial charge in [-0.3, -0.25) is 0 Å². The number of aliphatic hydroxyl groups is 1. The van der Waals surface area contributed by atoms with E-state index in [0.29, 0.717) is 0 Å². The van der Waals surface area contributed by atoms with Gasteiger partial charge in [-0.15, -0.1) is 0 Å². The average Bonchev–Trinajstić information content (AvgIpc) is 2.55. The second-order valence-electron chi connectivity index (χ2n) is 3.42. The normalized spacial score (nSPS) is 11.0. The second-order valence-corrected chi connectivity index (χ2v) is 3.42. The fourth-order valence-electron chi connectivity index (χ4n) is 1.59.